The van der Waals surface area contributed by atoms with E-state index in [1.54, 1.807) is 0 Å². The Morgan fingerprint density at radius 1 is 1.27 bits per heavy atom. The van der Waals surface area contributed by atoms with Crippen LogP contribution in [0.2, 0.25) is 0 Å². The summed E-state index contributed by atoms with van der Waals surface area (Å²) in [6, 6.07) is 0. The second-order valence-electron chi connectivity index (χ2n) is 5.34. The van der Waals surface area contributed by atoms with E-state index in [9.17, 15) is 5.11 Å². The number of fused-ring (bicyclic) bond motifs is 2. The zero-order valence-electron chi connectivity index (χ0n) is 8.76. The number of aliphatic hydroxyl groups excluding tert-OH is 1. The summed E-state index contributed by atoms with van der Waals surface area (Å²) in [5, 5.41) is 9.91. The van der Waals surface area contributed by atoms with Gasteiger partial charge in [0, 0.05) is 6.42 Å². The fourth-order valence-corrected chi connectivity index (χ4v) is 3.63. The van der Waals surface area contributed by atoms with E-state index in [0.29, 0.717) is 6.10 Å². The van der Waals surface area contributed by atoms with E-state index in [0.717, 1.165) is 19.3 Å². The lowest BCUT2D eigenvalue weighted by Crippen LogP contribution is -2.54. The van der Waals surface area contributed by atoms with Crippen molar-refractivity contribution >= 4 is 0 Å². The molecule has 0 aromatic rings. The molecular weight excluding hydrogens is 196 g/mol. The molecule has 4 fully saturated rings. The number of hydrogen-bond acceptors (Lipinski definition) is 4. The maximum Gasteiger partial charge on any atom is 0.126 e. The lowest BCUT2D eigenvalue weighted by Gasteiger charge is -2.40. The molecule has 1 aliphatic carbocycles. The Kier molecular flexibility index (Phi) is 1.53. The van der Waals surface area contributed by atoms with Crippen LogP contribution in [0.3, 0.4) is 0 Å². The molecule has 2 bridgehead atoms. The summed E-state index contributed by atoms with van der Waals surface area (Å²) in [7, 11) is 0. The van der Waals surface area contributed by atoms with Gasteiger partial charge in [0.1, 0.15) is 23.9 Å². The Hall–Kier alpha value is -0.160. The normalized spacial score (nSPS) is 66.0. The molecule has 0 aromatic heterocycles. The van der Waals surface area contributed by atoms with Crippen LogP contribution >= 0.6 is 0 Å². The quantitative estimate of drug-likeness (QED) is 0.584. The third kappa shape index (κ3) is 0.965. The first-order valence-corrected chi connectivity index (χ1v) is 5.87. The molecule has 4 rings (SSSR count). The molecule has 3 heterocycles. The molecule has 84 valence electrons. The van der Waals surface area contributed by atoms with Gasteiger partial charge in [-0.05, 0) is 19.8 Å². The van der Waals surface area contributed by atoms with Crippen molar-refractivity contribution in [2.75, 3.05) is 0 Å². The van der Waals surface area contributed by atoms with Gasteiger partial charge in [-0.25, -0.2) is 0 Å². The summed E-state index contributed by atoms with van der Waals surface area (Å²) in [4.78, 5) is 0. The van der Waals surface area contributed by atoms with Gasteiger partial charge in [0.15, 0.2) is 0 Å². The largest absolute Gasteiger partial charge is 0.388 e. The zero-order valence-corrected chi connectivity index (χ0v) is 8.76. The molecule has 0 radical (unpaired) electrons. The van der Waals surface area contributed by atoms with E-state index >= 15 is 0 Å². The topological polar surface area (TPSA) is 51.2 Å². The van der Waals surface area contributed by atoms with Gasteiger partial charge in [-0.15, -0.1) is 0 Å². The molecule has 4 nitrogen and oxygen atoms in total. The lowest BCUT2D eigenvalue weighted by atomic mass is 9.78. The van der Waals surface area contributed by atoms with Crippen molar-refractivity contribution in [3.05, 3.63) is 0 Å². The molecule has 1 unspecified atom stereocenters. The van der Waals surface area contributed by atoms with Crippen molar-refractivity contribution < 1.29 is 19.3 Å². The van der Waals surface area contributed by atoms with Crippen LogP contribution in [0.4, 0.5) is 0 Å². The Morgan fingerprint density at radius 3 is 3.00 bits per heavy atom. The predicted octanol–water partition coefficient (Wildman–Crippen LogP) is 0.223. The minimum absolute atomic E-state index is 0.0287. The summed E-state index contributed by atoms with van der Waals surface area (Å²) in [6.45, 7) is 2.11. The third-order valence-corrected chi connectivity index (χ3v) is 4.38. The summed E-state index contributed by atoms with van der Waals surface area (Å²) >= 11 is 0. The average Bonchev–Trinajstić information content (AvgIpc) is 2.93. The minimum atomic E-state index is -0.440. The number of ether oxygens (including phenoxy) is 3. The Balaban J connectivity index is 1.72. The van der Waals surface area contributed by atoms with Crippen LogP contribution in [-0.4, -0.2) is 47.3 Å². The molecule has 7 atom stereocenters. The van der Waals surface area contributed by atoms with Crippen molar-refractivity contribution in [1.29, 1.82) is 0 Å². The second-order valence-corrected chi connectivity index (χ2v) is 5.34. The van der Waals surface area contributed by atoms with Crippen molar-refractivity contribution in [1.82, 2.24) is 0 Å². The number of aliphatic hydroxyl groups is 1. The highest BCUT2D eigenvalue weighted by Gasteiger charge is 2.72. The first kappa shape index (κ1) is 8.93. The smallest absolute Gasteiger partial charge is 0.126 e. The van der Waals surface area contributed by atoms with Gasteiger partial charge in [0.25, 0.3) is 0 Å². The van der Waals surface area contributed by atoms with Gasteiger partial charge >= 0.3 is 0 Å². The van der Waals surface area contributed by atoms with E-state index in [4.69, 9.17) is 14.2 Å². The van der Waals surface area contributed by atoms with Crippen molar-refractivity contribution in [2.45, 2.75) is 68.4 Å². The standard InChI is InChI=1S/C11H16O4/c1-5-2-3-7-11(15-5)4-6(13-7)8(12)9-10(11)14-9/h5-10,12H,2-4H2,1H3/t5-,6+,7-,8?,9-,10-,11-/m0/s1. The molecule has 3 saturated heterocycles. The van der Waals surface area contributed by atoms with Crippen LogP contribution in [0.15, 0.2) is 0 Å². The SMILES string of the molecule is C[C@H]1CC[C@@H]2O[C@@H]3C[C@@]2(O1)[C@H]1O[C@H]1C3O. The molecule has 4 aliphatic rings. The van der Waals surface area contributed by atoms with Gasteiger partial charge in [-0.3, -0.25) is 0 Å². The number of hydrogen-bond donors (Lipinski definition) is 1. The first-order valence-electron chi connectivity index (χ1n) is 5.87. The molecular formula is C11H16O4. The van der Waals surface area contributed by atoms with E-state index in [1.165, 1.54) is 0 Å². The molecule has 1 N–H and O–H groups in total. The van der Waals surface area contributed by atoms with Gasteiger partial charge in [0.05, 0.1) is 18.3 Å². The van der Waals surface area contributed by atoms with Crippen molar-refractivity contribution in [3.8, 4) is 0 Å². The van der Waals surface area contributed by atoms with E-state index in [1.807, 2.05) is 0 Å². The molecule has 0 aromatic carbocycles. The minimum Gasteiger partial charge on any atom is -0.388 e. The van der Waals surface area contributed by atoms with Crippen LogP contribution in [0, 0.1) is 0 Å². The monoisotopic (exact) mass is 212 g/mol. The second kappa shape index (κ2) is 2.56. The van der Waals surface area contributed by atoms with Crippen LogP contribution < -0.4 is 0 Å². The van der Waals surface area contributed by atoms with Gasteiger partial charge in [-0.2, -0.15) is 0 Å². The molecule has 15 heavy (non-hydrogen) atoms. The first-order chi connectivity index (χ1) is 7.21. The highest BCUT2D eigenvalue weighted by Crippen LogP contribution is 2.56. The van der Waals surface area contributed by atoms with Crippen LogP contribution in [0.1, 0.15) is 26.2 Å². The lowest BCUT2D eigenvalue weighted by molar-refractivity contribution is -0.169. The third-order valence-electron chi connectivity index (χ3n) is 4.38. The van der Waals surface area contributed by atoms with Crippen molar-refractivity contribution in [2.24, 2.45) is 0 Å². The van der Waals surface area contributed by atoms with E-state index in [-0.39, 0.29) is 30.0 Å². The molecule has 1 saturated carbocycles. The van der Waals surface area contributed by atoms with Crippen LogP contribution in [0.5, 0.6) is 0 Å². The van der Waals surface area contributed by atoms with Gasteiger partial charge < -0.3 is 19.3 Å². The average molecular weight is 212 g/mol. The number of rotatable bonds is 0. The van der Waals surface area contributed by atoms with E-state index in [2.05, 4.69) is 6.92 Å². The highest BCUT2D eigenvalue weighted by molar-refractivity contribution is 5.20. The summed E-state index contributed by atoms with van der Waals surface area (Å²) in [6.07, 6.45) is 2.88. The van der Waals surface area contributed by atoms with E-state index < -0.39 is 6.10 Å². The summed E-state index contributed by atoms with van der Waals surface area (Å²) in [5.74, 6) is 0. The Labute approximate surface area is 88.5 Å². The molecule has 4 heteroatoms. The summed E-state index contributed by atoms with van der Waals surface area (Å²) in [5.41, 5.74) is -0.230. The summed E-state index contributed by atoms with van der Waals surface area (Å²) < 4.78 is 17.6. The number of epoxide rings is 1. The highest BCUT2D eigenvalue weighted by atomic mass is 16.7. The Morgan fingerprint density at radius 2 is 2.13 bits per heavy atom. The van der Waals surface area contributed by atoms with Crippen LogP contribution in [-0.2, 0) is 14.2 Å². The zero-order chi connectivity index (χ0) is 10.2. The maximum atomic E-state index is 9.91. The van der Waals surface area contributed by atoms with Crippen molar-refractivity contribution in [3.63, 3.8) is 0 Å². The Bertz CT molecular complexity index is 307. The van der Waals surface area contributed by atoms with Crippen LogP contribution in [0.25, 0.3) is 0 Å². The fraction of sp³-hybridized carbons (Fsp3) is 1.00. The fourth-order valence-electron chi connectivity index (χ4n) is 3.63. The van der Waals surface area contributed by atoms with Gasteiger partial charge in [0.2, 0.25) is 0 Å². The predicted molar refractivity (Wildman–Crippen MR) is 50.5 cm³/mol. The maximum absolute atomic E-state index is 9.91. The molecule has 3 aliphatic heterocycles. The molecule has 0 amide bonds. The molecule has 1 spiro atoms. The van der Waals surface area contributed by atoms with Gasteiger partial charge in [-0.1, -0.05) is 0 Å².